The molecule has 19 heavy (non-hydrogen) atoms. The number of benzene rings is 1. The first kappa shape index (κ1) is 14.0. The Morgan fingerprint density at radius 1 is 1.47 bits per heavy atom. The Morgan fingerprint density at radius 3 is 2.89 bits per heavy atom. The summed E-state index contributed by atoms with van der Waals surface area (Å²) in [5.41, 5.74) is 1.03. The van der Waals surface area contributed by atoms with E-state index in [1.165, 1.54) is 0 Å². The molecule has 2 atom stereocenters. The van der Waals surface area contributed by atoms with Gasteiger partial charge < -0.3 is 19.0 Å². The normalized spacial score (nSPS) is 19.2. The van der Waals surface area contributed by atoms with Crippen molar-refractivity contribution in [1.29, 1.82) is 0 Å². The lowest BCUT2D eigenvalue weighted by molar-refractivity contribution is -0.120. The zero-order valence-corrected chi connectivity index (χ0v) is 11.4. The summed E-state index contributed by atoms with van der Waals surface area (Å²) >= 11 is 0. The fourth-order valence-electron chi connectivity index (χ4n) is 1.83. The zero-order valence-electron chi connectivity index (χ0n) is 11.4. The maximum Gasteiger partial charge on any atom is 0.149 e. The average Bonchev–Trinajstić information content (AvgIpc) is 3.19. The number of hydrogen-bond donors (Lipinski definition) is 0. The van der Waals surface area contributed by atoms with Crippen molar-refractivity contribution in [1.82, 2.24) is 0 Å². The molecule has 0 N–H and O–H groups in total. The van der Waals surface area contributed by atoms with Gasteiger partial charge in [-0.3, -0.25) is 0 Å². The van der Waals surface area contributed by atoms with Gasteiger partial charge >= 0.3 is 0 Å². The Morgan fingerprint density at radius 2 is 2.26 bits per heavy atom. The third kappa shape index (κ3) is 5.01. The number of aldehydes is 1. The quantitative estimate of drug-likeness (QED) is 0.532. The highest BCUT2D eigenvalue weighted by atomic mass is 16.6. The van der Waals surface area contributed by atoms with Crippen LogP contribution in [0.25, 0.3) is 0 Å². The van der Waals surface area contributed by atoms with Gasteiger partial charge in [-0.25, -0.2) is 0 Å². The smallest absolute Gasteiger partial charge is 0.149 e. The van der Waals surface area contributed by atoms with E-state index in [4.69, 9.17) is 14.2 Å². The van der Waals surface area contributed by atoms with Crippen LogP contribution in [0.2, 0.25) is 0 Å². The number of rotatable bonds is 8. The van der Waals surface area contributed by atoms with Crippen LogP contribution in [-0.2, 0) is 20.7 Å². The Bertz CT molecular complexity index is 412. The molecule has 1 aliphatic heterocycles. The Balaban J connectivity index is 1.90. The van der Waals surface area contributed by atoms with E-state index in [9.17, 15) is 4.79 Å². The molecule has 1 fully saturated rings. The Kier molecular flexibility index (Phi) is 4.93. The van der Waals surface area contributed by atoms with Crippen molar-refractivity contribution in [3.8, 4) is 5.75 Å². The second-order valence-corrected chi connectivity index (χ2v) is 4.98. The molecule has 0 bridgehead atoms. The molecule has 0 aliphatic carbocycles. The highest BCUT2D eigenvalue weighted by Crippen LogP contribution is 2.18. The van der Waals surface area contributed by atoms with E-state index < -0.39 is 6.10 Å². The molecular weight excluding hydrogens is 244 g/mol. The van der Waals surface area contributed by atoms with Gasteiger partial charge in [-0.1, -0.05) is 12.1 Å². The minimum atomic E-state index is -0.401. The molecule has 0 radical (unpaired) electrons. The Hall–Kier alpha value is -1.39. The highest BCUT2D eigenvalue weighted by Gasteiger charge is 2.23. The summed E-state index contributed by atoms with van der Waals surface area (Å²) in [5, 5.41) is 0. The molecular formula is C15H20O4. The molecule has 0 spiro atoms. The van der Waals surface area contributed by atoms with Crippen molar-refractivity contribution < 1.29 is 19.0 Å². The van der Waals surface area contributed by atoms with Crippen LogP contribution in [0.3, 0.4) is 0 Å². The molecule has 0 saturated carbocycles. The number of hydrogen-bond acceptors (Lipinski definition) is 4. The van der Waals surface area contributed by atoms with Crippen molar-refractivity contribution in [3.63, 3.8) is 0 Å². The van der Waals surface area contributed by atoms with Crippen LogP contribution < -0.4 is 4.74 Å². The van der Waals surface area contributed by atoms with Crippen molar-refractivity contribution in [3.05, 3.63) is 29.8 Å². The molecule has 1 aliphatic rings. The van der Waals surface area contributed by atoms with Crippen molar-refractivity contribution in [2.75, 3.05) is 13.2 Å². The van der Waals surface area contributed by atoms with Crippen molar-refractivity contribution in [2.24, 2.45) is 0 Å². The average molecular weight is 264 g/mol. The van der Waals surface area contributed by atoms with Crippen molar-refractivity contribution >= 4 is 6.29 Å². The molecule has 0 amide bonds. The van der Waals surface area contributed by atoms with Gasteiger partial charge in [0.25, 0.3) is 0 Å². The predicted molar refractivity (Wildman–Crippen MR) is 71.5 cm³/mol. The molecule has 1 aromatic carbocycles. The summed E-state index contributed by atoms with van der Waals surface area (Å²) in [4.78, 5) is 11.0. The molecule has 2 unspecified atom stereocenters. The van der Waals surface area contributed by atoms with Crippen LogP contribution in [0.4, 0.5) is 0 Å². The second-order valence-electron chi connectivity index (χ2n) is 4.98. The number of ether oxygens (including phenoxy) is 3. The molecule has 4 nitrogen and oxygen atoms in total. The van der Waals surface area contributed by atoms with E-state index in [2.05, 4.69) is 0 Å². The molecule has 0 aromatic heterocycles. The van der Waals surface area contributed by atoms with Crippen LogP contribution in [0.15, 0.2) is 24.3 Å². The van der Waals surface area contributed by atoms with Gasteiger partial charge in [-0.05, 0) is 31.5 Å². The summed E-state index contributed by atoms with van der Waals surface area (Å²) in [7, 11) is 0. The Labute approximate surface area is 113 Å². The fourth-order valence-corrected chi connectivity index (χ4v) is 1.83. The molecule has 2 rings (SSSR count). The summed E-state index contributed by atoms with van der Waals surface area (Å²) in [6.45, 7) is 5.22. The number of epoxide rings is 1. The maximum absolute atomic E-state index is 11.0. The third-order valence-electron chi connectivity index (χ3n) is 2.77. The van der Waals surface area contributed by atoms with E-state index in [1.807, 2.05) is 38.1 Å². The standard InChI is InChI=1S/C15H20O4/c1-11(2)19-14(8-16)7-12-4-3-5-13(6-12)17-9-15-10-18-15/h3-6,8,11,14-15H,7,9-10H2,1-2H3. The first-order valence-corrected chi connectivity index (χ1v) is 6.61. The van der Waals surface area contributed by atoms with E-state index in [1.54, 1.807) is 0 Å². The predicted octanol–water partition coefficient (Wildman–Crippen LogP) is 2.00. The first-order valence-electron chi connectivity index (χ1n) is 6.61. The maximum atomic E-state index is 11.0. The lowest BCUT2D eigenvalue weighted by atomic mass is 10.1. The van der Waals surface area contributed by atoms with Gasteiger partial charge in [-0.2, -0.15) is 0 Å². The molecule has 4 heteroatoms. The van der Waals surface area contributed by atoms with Crippen LogP contribution in [0, 0.1) is 0 Å². The fraction of sp³-hybridized carbons (Fsp3) is 0.533. The molecule has 104 valence electrons. The first-order chi connectivity index (χ1) is 9.17. The van der Waals surface area contributed by atoms with Gasteiger partial charge in [-0.15, -0.1) is 0 Å². The van der Waals surface area contributed by atoms with E-state index in [-0.39, 0.29) is 12.2 Å². The second kappa shape index (κ2) is 6.68. The van der Waals surface area contributed by atoms with Gasteiger partial charge in [0.1, 0.15) is 30.9 Å². The third-order valence-corrected chi connectivity index (χ3v) is 2.77. The van der Waals surface area contributed by atoms with Gasteiger partial charge in [0, 0.05) is 6.42 Å². The lowest BCUT2D eigenvalue weighted by Crippen LogP contribution is -2.21. The van der Waals surface area contributed by atoms with Gasteiger partial charge in [0.05, 0.1) is 12.7 Å². The monoisotopic (exact) mass is 264 g/mol. The highest BCUT2D eigenvalue weighted by molar-refractivity contribution is 5.57. The van der Waals surface area contributed by atoms with E-state index >= 15 is 0 Å². The summed E-state index contributed by atoms with van der Waals surface area (Å²) < 4.78 is 16.2. The molecule has 1 saturated heterocycles. The van der Waals surface area contributed by atoms with Crippen molar-refractivity contribution in [2.45, 2.75) is 38.6 Å². The summed E-state index contributed by atoms with van der Waals surface area (Å²) in [6, 6.07) is 7.75. The van der Waals surface area contributed by atoms with E-state index in [0.29, 0.717) is 13.0 Å². The minimum Gasteiger partial charge on any atom is -0.491 e. The SMILES string of the molecule is CC(C)OC(C=O)Cc1cccc(OCC2CO2)c1. The van der Waals surface area contributed by atoms with E-state index in [0.717, 1.165) is 24.2 Å². The zero-order chi connectivity index (χ0) is 13.7. The number of carbonyl (C=O) groups is 1. The lowest BCUT2D eigenvalue weighted by Gasteiger charge is -2.15. The van der Waals surface area contributed by atoms with Crippen LogP contribution in [0.5, 0.6) is 5.75 Å². The minimum absolute atomic E-state index is 0.0432. The van der Waals surface area contributed by atoms with Crippen LogP contribution in [-0.4, -0.2) is 37.8 Å². The topological polar surface area (TPSA) is 48.1 Å². The summed E-state index contributed by atoms with van der Waals surface area (Å²) in [5.74, 6) is 0.808. The molecule has 1 heterocycles. The largest absolute Gasteiger partial charge is 0.491 e. The number of carbonyl (C=O) groups excluding carboxylic acids is 1. The van der Waals surface area contributed by atoms with Gasteiger partial charge in [0.2, 0.25) is 0 Å². The van der Waals surface area contributed by atoms with Crippen LogP contribution >= 0.6 is 0 Å². The van der Waals surface area contributed by atoms with Gasteiger partial charge in [0.15, 0.2) is 0 Å². The molecule has 1 aromatic rings. The summed E-state index contributed by atoms with van der Waals surface area (Å²) in [6.07, 6.45) is 1.31. The van der Waals surface area contributed by atoms with Crippen LogP contribution in [0.1, 0.15) is 19.4 Å².